The Kier molecular flexibility index (Phi) is 4.98. The van der Waals surface area contributed by atoms with Gasteiger partial charge in [0, 0.05) is 37.1 Å². The number of nitrogens with zero attached hydrogens (tertiary/aromatic N) is 1. The summed E-state index contributed by atoms with van der Waals surface area (Å²) in [4.78, 5) is 35.6. The first-order chi connectivity index (χ1) is 12.5. The number of benzene rings is 1. The van der Waals surface area contributed by atoms with Crippen molar-refractivity contribution in [3.8, 4) is 0 Å². The van der Waals surface area contributed by atoms with E-state index in [1.807, 2.05) is 0 Å². The molecule has 2 aromatic heterocycles. The molecule has 3 rings (SSSR count). The fraction of sp³-hybridized carbons (Fsp3) is 0.105. The van der Waals surface area contributed by atoms with E-state index in [4.69, 9.17) is 4.42 Å². The first kappa shape index (κ1) is 17.2. The highest BCUT2D eigenvalue weighted by molar-refractivity contribution is 6.02. The SMILES string of the molecule is Cn1ccc(C(=O)NCc2ccc(NC(=O)c3ccco3)cc2)cc1=O. The van der Waals surface area contributed by atoms with E-state index in [0.29, 0.717) is 17.8 Å². The van der Waals surface area contributed by atoms with Crippen molar-refractivity contribution in [2.45, 2.75) is 6.54 Å². The van der Waals surface area contributed by atoms with Crippen molar-refractivity contribution in [2.75, 3.05) is 5.32 Å². The molecule has 0 aliphatic rings. The fourth-order valence-electron chi connectivity index (χ4n) is 2.28. The van der Waals surface area contributed by atoms with Gasteiger partial charge in [0.05, 0.1) is 6.26 Å². The number of rotatable bonds is 5. The second-order valence-electron chi connectivity index (χ2n) is 5.68. The van der Waals surface area contributed by atoms with E-state index in [1.54, 1.807) is 55.7 Å². The maximum atomic E-state index is 12.1. The van der Waals surface area contributed by atoms with Gasteiger partial charge in [-0.25, -0.2) is 0 Å². The van der Waals surface area contributed by atoms with Crippen LogP contribution < -0.4 is 16.2 Å². The average molecular weight is 351 g/mol. The van der Waals surface area contributed by atoms with E-state index in [1.165, 1.54) is 16.9 Å². The van der Waals surface area contributed by atoms with Crippen LogP contribution in [0.4, 0.5) is 5.69 Å². The van der Waals surface area contributed by atoms with Gasteiger partial charge in [-0.2, -0.15) is 0 Å². The van der Waals surface area contributed by atoms with E-state index < -0.39 is 0 Å². The van der Waals surface area contributed by atoms with Crippen molar-refractivity contribution in [1.29, 1.82) is 0 Å². The Labute approximate surface area is 149 Å². The molecule has 0 saturated heterocycles. The van der Waals surface area contributed by atoms with E-state index in [0.717, 1.165) is 5.56 Å². The summed E-state index contributed by atoms with van der Waals surface area (Å²) in [6.45, 7) is 0.306. The Morgan fingerprint density at radius 2 is 1.85 bits per heavy atom. The molecule has 0 aliphatic heterocycles. The monoisotopic (exact) mass is 351 g/mol. The van der Waals surface area contributed by atoms with Crippen LogP contribution in [0.5, 0.6) is 0 Å². The van der Waals surface area contributed by atoms with Crippen LogP contribution in [0.25, 0.3) is 0 Å². The summed E-state index contributed by atoms with van der Waals surface area (Å²) in [5, 5.41) is 5.47. The molecule has 2 amide bonds. The number of furan rings is 1. The van der Waals surface area contributed by atoms with Gasteiger partial charge in [0.2, 0.25) is 0 Å². The van der Waals surface area contributed by atoms with Crippen molar-refractivity contribution >= 4 is 17.5 Å². The maximum Gasteiger partial charge on any atom is 0.291 e. The van der Waals surface area contributed by atoms with Crippen LogP contribution in [0, 0.1) is 0 Å². The fourth-order valence-corrected chi connectivity index (χ4v) is 2.28. The average Bonchev–Trinajstić information content (AvgIpc) is 3.18. The standard InChI is InChI=1S/C19H17N3O4/c1-22-9-8-14(11-17(22)23)18(24)20-12-13-4-6-15(7-5-13)21-19(25)16-3-2-10-26-16/h2-11H,12H2,1H3,(H,20,24)(H,21,25). The Morgan fingerprint density at radius 3 is 2.50 bits per heavy atom. The van der Waals surface area contributed by atoms with Gasteiger partial charge < -0.3 is 19.6 Å². The molecule has 0 unspecified atom stereocenters. The quantitative estimate of drug-likeness (QED) is 0.737. The van der Waals surface area contributed by atoms with Crippen molar-refractivity contribution < 1.29 is 14.0 Å². The van der Waals surface area contributed by atoms with Crippen LogP contribution in [-0.4, -0.2) is 16.4 Å². The first-order valence-corrected chi connectivity index (χ1v) is 7.91. The van der Waals surface area contributed by atoms with Crippen molar-refractivity contribution in [2.24, 2.45) is 7.05 Å². The molecule has 0 aliphatic carbocycles. The molecule has 3 aromatic rings. The van der Waals surface area contributed by atoms with Crippen molar-refractivity contribution in [3.05, 3.63) is 88.2 Å². The molecule has 26 heavy (non-hydrogen) atoms. The number of nitrogens with one attached hydrogen (secondary N) is 2. The zero-order valence-corrected chi connectivity index (χ0v) is 14.1. The van der Waals surface area contributed by atoms with Crippen LogP contribution in [0.3, 0.4) is 0 Å². The molecule has 0 atom stereocenters. The van der Waals surface area contributed by atoms with Gasteiger partial charge in [-0.05, 0) is 35.9 Å². The Balaban J connectivity index is 1.57. The van der Waals surface area contributed by atoms with E-state index in [2.05, 4.69) is 10.6 Å². The molecule has 0 bridgehead atoms. The molecule has 0 fully saturated rings. The molecule has 1 aromatic carbocycles. The number of hydrogen-bond donors (Lipinski definition) is 2. The molecule has 2 N–H and O–H groups in total. The number of anilines is 1. The zero-order valence-electron chi connectivity index (χ0n) is 14.1. The highest BCUT2D eigenvalue weighted by Gasteiger charge is 2.09. The normalized spacial score (nSPS) is 10.3. The van der Waals surface area contributed by atoms with Crippen LogP contribution in [-0.2, 0) is 13.6 Å². The van der Waals surface area contributed by atoms with Crippen molar-refractivity contribution in [3.63, 3.8) is 0 Å². The summed E-state index contributed by atoms with van der Waals surface area (Å²) < 4.78 is 6.43. The van der Waals surface area contributed by atoms with Gasteiger partial charge in [-0.3, -0.25) is 14.4 Å². The number of hydrogen-bond acceptors (Lipinski definition) is 4. The number of carbonyl (C=O) groups excluding carboxylic acids is 2. The Morgan fingerprint density at radius 1 is 1.08 bits per heavy atom. The predicted molar refractivity (Wildman–Crippen MR) is 96.0 cm³/mol. The lowest BCUT2D eigenvalue weighted by molar-refractivity contribution is 0.0949. The molecule has 0 spiro atoms. The van der Waals surface area contributed by atoms with Crippen LogP contribution in [0.1, 0.15) is 26.5 Å². The molecule has 132 valence electrons. The molecule has 2 heterocycles. The van der Waals surface area contributed by atoms with Gasteiger partial charge in [0.15, 0.2) is 5.76 Å². The number of aryl methyl sites for hydroxylation is 1. The minimum atomic E-state index is -0.332. The molecular formula is C19H17N3O4. The number of pyridine rings is 1. The van der Waals surface area contributed by atoms with Gasteiger partial charge in [0.1, 0.15) is 0 Å². The molecule has 0 saturated carbocycles. The van der Waals surface area contributed by atoms with Gasteiger partial charge >= 0.3 is 0 Å². The summed E-state index contributed by atoms with van der Waals surface area (Å²) in [5.41, 5.74) is 1.55. The molecule has 7 nitrogen and oxygen atoms in total. The lowest BCUT2D eigenvalue weighted by Gasteiger charge is -2.08. The summed E-state index contributed by atoms with van der Waals surface area (Å²) in [7, 11) is 1.62. The highest BCUT2D eigenvalue weighted by Crippen LogP contribution is 2.12. The van der Waals surface area contributed by atoms with E-state index >= 15 is 0 Å². The minimum Gasteiger partial charge on any atom is -0.459 e. The van der Waals surface area contributed by atoms with Crippen LogP contribution in [0.2, 0.25) is 0 Å². The maximum absolute atomic E-state index is 12.1. The molecule has 0 radical (unpaired) electrons. The third-order valence-corrected chi connectivity index (χ3v) is 3.78. The number of aromatic nitrogens is 1. The largest absolute Gasteiger partial charge is 0.459 e. The van der Waals surface area contributed by atoms with Gasteiger partial charge in [0.25, 0.3) is 17.4 Å². The minimum absolute atomic E-state index is 0.232. The van der Waals surface area contributed by atoms with Gasteiger partial charge in [-0.1, -0.05) is 12.1 Å². The third-order valence-electron chi connectivity index (χ3n) is 3.78. The van der Waals surface area contributed by atoms with Crippen LogP contribution >= 0.6 is 0 Å². The predicted octanol–water partition coefficient (Wildman–Crippen LogP) is 2.16. The summed E-state index contributed by atoms with van der Waals surface area (Å²) in [5.74, 6) is -0.421. The number of carbonyl (C=O) groups is 2. The zero-order chi connectivity index (χ0) is 18.5. The van der Waals surface area contributed by atoms with Crippen molar-refractivity contribution in [1.82, 2.24) is 9.88 Å². The molecular weight excluding hydrogens is 334 g/mol. The number of amides is 2. The topological polar surface area (TPSA) is 93.3 Å². The van der Waals surface area contributed by atoms with Gasteiger partial charge in [-0.15, -0.1) is 0 Å². The van der Waals surface area contributed by atoms with E-state index in [-0.39, 0.29) is 23.1 Å². The second-order valence-corrected chi connectivity index (χ2v) is 5.68. The van der Waals surface area contributed by atoms with E-state index in [9.17, 15) is 14.4 Å². The Hall–Kier alpha value is -3.61. The highest BCUT2D eigenvalue weighted by atomic mass is 16.3. The molecule has 7 heteroatoms. The third kappa shape index (κ3) is 4.07. The van der Waals surface area contributed by atoms with Crippen LogP contribution in [0.15, 0.2) is 70.2 Å². The smallest absolute Gasteiger partial charge is 0.291 e. The summed E-state index contributed by atoms with van der Waals surface area (Å²) >= 11 is 0. The lowest BCUT2D eigenvalue weighted by Crippen LogP contribution is -2.25. The second kappa shape index (κ2) is 7.52. The lowest BCUT2D eigenvalue weighted by atomic mass is 10.2. The Bertz CT molecular complexity index is 973. The first-order valence-electron chi connectivity index (χ1n) is 7.91. The summed E-state index contributed by atoms with van der Waals surface area (Å²) in [6.07, 6.45) is 2.98. The summed E-state index contributed by atoms with van der Waals surface area (Å²) in [6, 6.07) is 13.2.